The summed E-state index contributed by atoms with van der Waals surface area (Å²) in [5.74, 6) is 0. The molecule has 0 fully saturated rings. The van der Waals surface area contributed by atoms with Crippen molar-refractivity contribution in [2.45, 2.75) is 84.0 Å². The Hall–Kier alpha value is -0.153. The topological polar surface area (TPSA) is 26.3 Å². The predicted octanol–water partition coefficient (Wildman–Crippen LogP) is 4.55. The molecule has 102 valence electrons. The lowest BCUT2D eigenvalue weighted by atomic mass is 10.1. The van der Waals surface area contributed by atoms with Gasteiger partial charge in [0.25, 0.3) is 0 Å². The first-order valence-electron chi connectivity index (χ1n) is 6.86. The monoisotopic (exact) mass is 258 g/mol. The normalized spacial score (nSPS) is 14.7. The van der Waals surface area contributed by atoms with Gasteiger partial charge in [0.1, 0.15) is 6.29 Å². The molecule has 3 heteroatoms. The summed E-state index contributed by atoms with van der Waals surface area (Å²) >= 11 is 0. The van der Waals surface area contributed by atoms with Crippen LogP contribution < -0.4 is 0 Å². The van der Waals surface area contributed by atoms with Gasteiger partial charge in [-0.05, 0) is 24.6 Å². The molecule has 0 aliphatic heterocycles. The second kappa shape index (κ2) is 7.32. The highest BCUT2D eigenvalue weighted by Gasteiger charge is 2.38. The third kappa shape index (κ3) is 6.37. The van der Waals surface area contributed by atoms with E-state index in [1.165, 1.54) is 19.3 Å². The van der Waals surface area contributed by atoms with Gasteiger partial charge >= 0.3 is 0 Å². The van der Waals surface area contributed by atoms with Gasteiger partial charge in [0.15, 0.2) is 8.32 Å². The fraction of sp³-hybridized carbons (Fsp3) is 0.929. The zero-order valence-electron chi connectivity index (χ0n) is 12.5. The molecule has 0 bridgehead atoms. The third-order valence-corrected chi connectivity index (χ3v) is 8.29. The van der Waals surface area contributed by atoms with Crippen LogP contribution in [0.5, 0.6) is 0 Å². The average molecular weight is 258 g/mol. The van der Waals surface area contributed by atoms with E-state index < -0.39 is 8.32 Å². The predicted molar refractivity (Wildman–Crippen MR) is 76.9 cm³/mol. The number of rotatable bonds is 8. The van der Waals surface area contributed by atoms with Crippen LogP contribution in [0.1, 0.15) is 59.8 Å². The van der Waals surface area contributed by atoms with Gasteiger partial charge in [0, 0.05) is 6.42 Å². The fourth-order valence-electron chi connectivity index (χ4n) is 1.55. The van der Waals surface area contributed by atoms with Gasteiger partial charge in [0.2, 0.25) is 0 Å². The van der Waals surface area contributed by atoms with Gasteiger partial charge in [-0.2, -0.15) is 0 Å². The molecule has 0 spiro atoms. The number of carbonyl (C=O) groups excluding carboxylic acids is 1. The van der Waals surface area contributed by atoms with Crippen molar-refractivity contribution in [3.63, 3.8) is 0 Å². The van der Waals surface area contributed by atoms with Crippen LogP contribution in [-0.2, 0) is 9.22 Å². The minimum Gasteiger partial charge on any atom is -0.414 e. The summed E-state index contributed by atoms with van der Waals surface area (Å²) in [7, 11) is -1.72. The number of hydrogen-bond acceptors (Lipinski definition) is 2. The second-order valence-electron chi connectivity index (χ2n) is 6.40. The molecule has 0 aromatic heterocycles. The Morgan fingerprint density at radius 2 is 1.82 bits per heavy atom. The largest absolute Gasteiger partial charge is 0.414 e. The van der Waals surface area contributed by atoms with E-state index in [4.69, 9.17) is 4.43 Å². The Bertz CT molecular complexity index is 219. The Morgan fingerprint density at radius 3 is 2.24 bits per heavy atom. The van der Waals surface area contributed by atoms with E-state index in [-0.39, 0.29) is 11.1 Å². The third-order valence-electron chi connectivity index (χ3n) is 3.76. The van der Waals surface area contributed by atoms with Crippen molar-refractivity contribution in [1.82, 2.24) is 0 Å². The first-order valence-corrected chi connectivity index (χ1v) is 9.77. The lowest BCUT2D eigenvalue weighted by molar-refractivity contribution is -0.109. The minimum atomic E-state index is -1.72. The number of unbranched alkanes of at least 4 members (excludes halogenated alkanes) is 2. The van der Waals surface area contributed by atoms with Crippen LogP contribution in [0, 0.1) is 0 Å². The zero-order chi connectivity index (χ0) is 13.5. The zero-order valence-corrected chi connectivity index (χ0v) is 13.5. The molecule has 0 aliphatic carbocycles. The maximum Gasteiger partial charge on any atom is 0.192 e. The van der Waals surface area contributed by atoms with Crippen molar-refractivity contribution in [3.05, 3.63) is 0 Å². The molecule has 0 saturated heterocycles. The van der Waals surface area contributed by atoms with Crippen LogP contribution in [0.15, 0.2) is 0 Å². The van der Waals surface area contributed by atoms with E-state index in [0.29, 0.717) is 6.42 Å². The van der Waals surface area contributed by atoms with E-state index in [1.54, 1.807) is 0 Å². The molecule has 0 rings (SSSR count). The Balaban J connectivity index is 4.37. The van der Waals surface area contributed by atoms with E-state index in [9.17, 15) is 4.79 Å². The summed E-state index contributed by atoms with van der Waals surface area (Å²) in [6.45, 7) is 13.4. The average Bonchev–Trinajstić information content (AvgIpc) is 2.16. The van der Waals surface area contributed by atoms with E-state index in [0.717, 1.165) is 12.7 Å². The number of carbonyl (C=O) groups is 1. The molecule has 2 nitrogen and oxygen atoms in total. The maximum atomic E-state index is 10.7. The SMILES string of the molecule is CCCCC[C@H](CC=O)O[Si](C)(C)C(C)(C)C. The van der Waals surface area contributed by atoms with Crippen LogP contribution in [0.4, 0.5) is 0 Å². The van der Waals surface area contributed by atoms with Gasteiger partial charge in [-0.3, -0.25) is 0 Å². The number of aldehydes is 1. The van der Waals surface area contributed by atoms with Crippen molar-refractivity contribution >= 4 is 14.6 Å². The molecule has 1 atom stereocenters. The second-order valence-corrected chi connectivity index (χ2v) is 11.2. The van der Waals surface area contributed by atoms with Crippen LogP contribution in [0.2, 0.25) is 18.1 Å². The van der Waals surface area contributed by atoms with Gasteiger partial charge in [-0.15, -0.1) is 0 Å². The lowest BCUT2D eigenvalue weighted by Crippen LogP contribution is -2.44. The van der Waals surface area contributed by atoms with Crippen molar-refractivity contribution in [2.24, 2.45) is 0 Å². The van der Waals surface area contributed by atoms with E-state index in [2.05, 4.69) is 40.8 Å². The van der Waals surface area contributed by atoms with Gasteiger partial charge < -0.3 is 9.22 Å². The fourth-order valence-corrected chi connectivity index (χ4v) is 2.95. The van der Waals surface area contributed by atoms with Crippen LogP contribution in [-0.4, -0.2) is 20.7 Å². The van der Waals surface area contributed by atoms with Crippen molar-refractivity contribution in [1.29, 1.82) is 0 Å². The summed E-state index contributed by atoms with van der Waals surface area (Å²) in [6.07, 6.45) is 6.34. The summed E-state index contributed by atoms with van der Waals surface area (Å²) in [6, 6.07) is 0. The van der Waals surface area contributed by atoms with Crippen molar-refractivity contribution in [3.8, 4) is 0 Å². The molecule has 0 saturated carbocycles. The van der Waals surface area contributed by atoms with E-state index in [1.807, 2.05) is 0 Å². The summed E-state index contributed by atoms with van der Waals surface area (Å²) in [5, 5.41) is 0.221. The first kappa shape index (κ1) is 16.8. The Kier molecular flexibility index (Phi) is 7.25. The molecular weight excluding hydrogens is 228 g/mol. The molecule has 0 N–H and O–H groups in total. The van der Waals surface area contributed by atoms with E-state index >= 15 is 0 Å². The van der Waals surface area contributed by atoms with Crippen LogP contribution >= 0.6 is 0 Å². The Morgan fingerprint density at radius 1 is 1.24 bits per heavy atom. The first-order chi connectivity index (χ1) is 7.74. The quantitative estimate of drug-likeness (QED) is 0.363. The number of hydrogen-bond donors (Lipinski definition) is 0. The summed E-state index contributed by atoms with van der Waals surface area (Å²) in [4.78, 5) is 10.7. The summed E-state index contributed by atoms with van der Waals surface area (Å²) in [5.41, 5.74) is 0. The highest BCUT2D eigenvalue weighted by atomic mass is 28.4. The molecule has 0 aliphatic rings. The smallest absolute Gasteiger partial charge is 0.192 e. The molecular formula is C14H30O2Si. The standard InChI is InChI=1S/C14H30O2Si/c1-7-8-9-10-13(11-12-15)16-17(5,6)14(2,3)4/h12-13H,7-11H2,1-6H3/t13-/m1/s1. The van der Waals surface area contributed by atoms with Crippen molar-refractivity contribution < 1.29 is 9.22 Å². The minimum absolute atomic E-state index is 0.139. The summed E-state index contributed by atoms with van der Waals surface area (Å²) < 4.78 is 6.30. The molecule has 0 radical (unpaired) electrons. The molecule has 0 heterocycles. The van der Waals surface area contributed by atoms with Gasteiger partial charge in [-0.25, -0.2) is 0 Å². The van der Waals surface area contributed by atoms with Crippen molar-refractivity contribution in [2.75, 3.05) is 0 Å². The highest BCUT2D eigenvalue weighted by molar-refractivity contribution is 6.74. The van der Waals surface area contributed by atoms with Crippen LogP contribution in [0.25, 0.3) is 0 Å². The molecule has 0 aromatic carbocycles. The molecule has 0 unspecified atom stereocenters. The lowest BCUT2D eigenvalue weighted by Gasteiger charge is -2.39. The molecule has 0 amide bonds. The molecule has 17 heavy (non-hydrogen) atoms. The maximum absolute atomic E-state index is 10.7. The highest BCUT2D eigenvalue weighted by Crippen LogP contribution is 2.38. The molecule has 0 aromatic rings. The van der Waals surface area contributed by atoms with Gasteiger partial charge in [-0.1, -0.05) is 47.0 Å². The van der Waals surface area contributed by atoms with Crippen LogP contribution in [0.3, 0.4) is 0 Å². The van der Waals surface area contributed by atoms with Gasteiger partial charge in [0.05, 0.1) is 6.10 Å². The Labute approximate surface area is 108 Å².